The lowest BCUT2D eigenvalue weighted by Crippen LogP contribution is -2.58. The van der Waals surface area contributed by atoms with Crippen LogP contribution in [-0.2, 0) is 0 Å². The predicted octanol–water partition coefficient (Wildman–Crippen LogP) is 4.21. The van der Waals surface area contributed by atoms with Gasteiger partial charge in [0.15, 0.2) is 0 Å². The van der Waals surface area contributed by atoms with Crippen LogP contribution in [0.3, 0.4) is 0 Å². The van der Waals surface area contributed by atoms with Crippen LogP contribution in [-0.4, -0.2) is 53.9 Å². The number of piperidine rings is 3. The summed E-state index contributed by atoms with van der Waals surface area (Å²) in [6.07, 6.45) is 6.02. The number of aromatic nitrogens is 1. The number of amides is 2. The highest BCUT2D eigenvalue weighted by Crippen LogP contribution is 2.42. The fourth-order valence-corrected chi connectivity index (χ4v) is 5.91. The van der Waals surface area contributed by atoms with Gasteiger partial charge in [-0.05, 0) is 66.6 Å². The van der Waals surface area contributed by atoms with E-state index in [-0.39, 0.29) is 24.7 Å². The van der Waals surface area contributed by atoms with Gasteiger partial charge in [0.05, 0.1) is 31.3 Å². The molecule has 2 aromatic carbocycles. The molecule has 4 heterocycles. The third-order valence-electron chi connectivity index (χ3n) is 7.83. The number of ether oxygens (including phenoxy) is 1. The van der Waals surface area contributed by atoms with Crippen molar-refractivity contribution in [2.45, 2.75) is 31.0 Å². The second-order valence-electron chi connectivity index (χ2n) is 9.77. The molecule has 2 amide bonds. The first kappa shape index (κ1) is 24.3. The second kappa shape index (κ2) is 10.7. The molecule has 2 bridgehead atoms. The number of aliphatic hydroxyl groups excluding tert-OH is 1. The molecule has 3 aliphatic heterocycles. The van der Waals surface area contributed by atoms with Gasteiger partial charge in [-0.15, -0.1) is 6.58 Å². The second-order valence-corrected chi connectivity index (χ2v) is 9.77. The first-order valence-corrected chi connectivity index (χ1v) is 12.6. The minimum absolute atomic E-state index is 0.145. The number of pyridine rings is 1. The summed E-state index contributed by atoms with van der Waals surface area (Å²) in [5, 5.41) is 17.2. The maximum absolute atomic E-state index is 13.4. The molecule has 36 heavy (non-hydrogen) atoms. The highest BCUT2D eigenvalue weighted by atomic mass is 16.5. The van der Waals surface area contributed by atoms with Crippen LogP contribution in [0.1, 0.15) is 36.1 Å². The average Bonchev–Trinajstić information content (AvgIpc) is 2.94. The van der Waals surface area contributed by atoms with Crippen molar-refractivity contribution in [1.82, 2.24) is 20.5 Å². The largest absolute Gasteiger partial charge is 0.497 e. The van der Waals surface area contributed by atoms with E-state index in [2.05, 4.69) is 33.2 Å². The SMILES string of the molecule is C=C[C@H]1CN2CC[C@H]1C[C@H]2[C@@H](NC(=O)N[C@H](CO)c1ccccc1)c1ccnc2ccc(OC)cc12. The van der Waals surface area contributed by atoms with Crippen molar-refractivity contribution in [3.63, 3.8) is 0 Å². The topological polar surface area (TPSA) is 86.7 Å². The van der Waals surface area contributed by atoms with Crippen LogP contribution in [0.5, 0.6) is 5.75 Å². The molecule has 3 saturated heterocycles. The summed E-state index contributed by atoms with van der Waals surface area (Å²) in [5.41, 5.74) is 2.74. The molecule has 3 fully saturated rings. The molecule has 1 aromatic heterocycles. The van der Waals surface area contributed by atoms with Crippen LogP contribution in [0, 0.1) is 11.8 Å². The van der Waals surface area contributed by atoms with E-state index in [0.29, 0.717) is 11.8 Å². The first-order chi connectivity index (χ1) is 17.6. The van der Waals surface area contributed by atoms with E-state index < -0.39 is 6.04 Å². The van der Waals surface area contributed by atoms with Crippen LogP contribution in [0.25, 0.3) is 10.9 Å². The van der Waals surface area contributed by atoms with Crippen LogP contribution in [0.4, 0.5) is 4.79 Å². The van der Waals surface area contributed by atoms with Gasteiger partial charge in [0.1, 0.15) is 5.75 Å². The summed E-state index contributed by atoms with van der Waals surface area (Å²) in [5.74, 6) is 1.79. The van der Waals surface area contributed by atoms with E-state index in [1.165, 1.54) is 0 Å². The molecule has 0 saturated carbocycles. The Hall–Kier alpha value is -3.42. The summed E-state index contributed by atoms with van der Waals surface area (Å²) < 4.78 is 5.50. The normalized spacial score (nSPS) is 24.6. The Kier molecular flexibility index (Phi) is 7.20. The third kappa shape index (κ3) is 4.81. The first-order valence-electron chi connectivity index (χ1n) is 12.6. The maximum Gasteiger partial charge on any atom is 0.315 e. The van der Waals surface area contributed by atoms with Crippen LogP contribution < -0.4 is 15.4 Å². The quantitative estimate of drug-likeness (QED) is 0.415. The summed E-state index contributed by atoms with van der Waals surface area (Å²) in [6.45, 7) is 5.84. The van der Waals surface area contributed by atoms with Gasteiger partial charge in [0.2, 0.25) is 0 Å². The molecule has 0 radical (unpaired) electrons. The number of urea groups is 1. The standard InChI is InChI=1S/C29H34N4O3/c1-3-19-17-33-14-12-21(19)15-27(33)28(23-11-13-30-25-10-9-22(36-2)16-24(23)25)32-29(35)31-26(18-34)20-7-5-4-6-8-20/h3-11,13,16,19,21,26-28,34H,1,12,14-15,17-18H2,2H3,(H2,31,32,35)/t19-,21-,26+,27-,28-/m0/s1. The maximum atomic E-state index is 13.4. The van der Waals surface area contributed by atoms with E-state index >= 15 is 0 Å². The van der Waals surface area contributed by atoms with Crippen molar-refractivity contribution in [3.05, 3.63) is 84.6 Å². The van der Waals surface area contributed by atoms with Gasteiger partial charge < -0.3 is 20.5 Å². The molecule has 0 spiro atoms. The Labute approximate surface area is 212 Å². The minimum Gasteiger partial charge on any atom is -0.497 e. The fourth-order valence-electron chi connectivity index (χ4n) is 5.91. The smallest absolute Gasteiger partial charge is 0.315 e. The minimum atomic E-state index is -0.491. The number of rotatable bonds is 8. The van der Waals surface area contributed by atoms with Gasteiger partial charge in [-0.2, -0.15) is 0 Å². The van der Waals surface area contributed by atoms with E-state index in [4.69, 9.17) is 4.74 Å². The molecule has 3 aromatic rings. The zero-order valence-electron chi connectivity index (χ0n) is 20.6. The number of nitrogens with zero attached hydrogens (tertiary/aromatic N) is 2. The van der Waals surface area contributed by atoms with Gasteiger partial charge in [0, 0.05) is 24.2 Å². The van der Waals surface area contributed by atoms with Crippen molar-refractivity contribution < 1.29 is 14.6 Å². The molecule has 6 rings (SSSR count). The zero-order chi connectivity index (χ0) is 25.1. The molecular weight excluding hydrogens is 452 g/mol. The fraction of sp³-hybridized carbons (Fsp3) is 0.379. The van der Waals surface area contributed by atoms with Crippen molar-refractivity contribution in [2.75, 3.05) is 26.8 Å². The predicted molar refractivity (Wildman–Crippen MR) is 141 cm³/mol. The molecule has 3 aliphatic rings. The number of methoxy groups -OCH3 is 1. The number of fused-ring (bicyclic) bond motifs is 4. The van der Waals surface area contributed by atoms with E-state index in [9.17, 15) is 9.90 Å². The Morgan fingerprint density at radius 3 is 2.78 bits per heavy atom. The Morgan fingerprint density at radius 2 is 2.08 bits per heavy atom. The van der Waals surface area contributed by atoms with Gasteiger partial charge in [-0.1, -0.05) is 36.4 Å². The number of carbonyl (C=O) groups excluding carboxylic acids is 1. The number of benzene rings is 2. The summed E-state index contributed by atoms with van der Waals surface area (Å²) >= 11 is 0. The van der Waals surface area contributed by atoms with Crippen molar-refractivity contribution in [2.24, 2.45) is 11.8 Å². The lowest BCUT2D eigenvalue weighted by Gasteiger charge is -2.51. The van der Waals surface area contributed by atoms with E-state index in [0.717, 1.165) is 53.7 Å². The molecule has 3 N–H and O–H groups in total. The zero-order valence-corrected chi connectivity index (χ0v) is 20.6. The molecule has 7 heteroatoms. The Bertz CT molecular complexity index is 1220. The third-order valence-corrected chi connectivity index (χ3v) is 7.83. The van der Waals surface area contributed by atoms with E-state index in [1.54, 1.807) is 13.3 Å². The van der Waals surface area contributed by atoms with Crippen molar-refractivity contribution in [3.8, 4) is 5.75 Å². The van der Waals surface area contributed by atoms with Gasteiger partial charge in [-0.25, -0.2) is 4.79 Å². The number of hydrogen-bond acceptors (Lipinski definition) is 5. The van der Waals surface area contributed by atoms with Crippen molar-refractivity contribution >= 4 is 16.9 Å². The molecule has 1 unspecified atom stereocenters. The molecule has 6 atom stereocenters. The highest BCUT2D eigenvalue weighted by Gasteiger charge is 2.43. The van der Waals surface area contributed by atoms with Crippen LogP contribution in [0.2, 0.25) is 0 Å². The molecule has 0 aliphatic carbocycles. The van der Waals surface area contributed by atoms with E-state index in [1.807, 2.05) is 54.6 Å². The van der Waals surface area contributed by atoms with Crippen molar-refractivity contribution in [1.29, 1.82) is 0 Å². The van der Waals surface area contributed by atoms with Gasteiger partial charge >= 0.3 is 6.03 Å². The van der Waals surface area contributed by atoms with Crippen LogP contribution >= 0.6 is 0 Å². The summed E-state index contributed by atoms with van der Waals surface area (Å²) in [7, 11) is 1.65. The van der Waals surface area contributed by atoms with Crippen LogP contribution in [0.15, 0.2) is 73.4 Å². The lowest BCUT2D eigenvalue weighted by molar-refractivity contribution is 0.00303. The molecule has 188 valence electrons. The number of nitrogens with one attached hydrogen (secondary N) is 2. The summed E-state index contributed by atoms with van der Waals surface area (Å²) in [4.78, 5) is 20.4. The lowest BCUT2D eigenvalue weighted by atomic mass is 9.73. The molecule has 7 nitrogen and oxygen atoms in total. The van der Waals surface area contributed by atoms with Gasteiger partial charge in [-0.3, -0.25) is 9.88 Å². The summed E-state index contributed by atoms with van der Waals surface area (Å²) in [6, 6.07) is 16.5. The van der Waals surface area contributed by atoms with Gasteiger partial charge in [0.25, 0.3) is 0 Å². The monoisotopic (exact) mass is 486 g/mol. The highest BCUT2D eigenvalue weighted by molar-refractivity contribution is 5.85. The Balaban J connectivity index is 1.48. The number of carbonyl (C=O) groups is 1. The number of aliphatic hydroxyl groups is 1. The Morgan fingerprint density at radius 1 is 1.25 bits per heavy atom. The average molecular weight is 487 g/mol. The molecular formula is C29H34N4O3. The number of hydrogen-bond donors (Lipinski definition) is 3.